The zero-order chi connectivity index (χ0) is 19.8. The first-order chi connectivity index (χ1) is 13.6. The molecule has 1 aliphatic heterocycles. The number of aryl methyl sites for hydroxylation is 1. The highest BCUT2D eigenvalue weighted by atomic mass is 32.2. The Morgan fingerprint density at radius 2 is 1.75 bits per heavy atom. The van der Waals surface area contributed by atoms with Crippen LogP contribution in [0.2, 0.25) is 0 Å². The summed E-state index contributed by atoms with van der Waals surface area (Å²) in [5, 5.41) is 13.6. The molecule has 2 amide bonds. The van der Waals surface area contributed by atoms with Crippen molar-refractivity contribution in [3.8, 4) is 0 Å². The second-order valence-corrected chi connectivity index (χ2v) is 7.53. The number of rotatable bonds is 7. The summed E-state index contributed by atoms with van der Waals surface area (Å²) < 4.78 is 0. The largest absolute Gasteiger partial charge is 0.352 e. The lowest BCUT2D eigenvalue weighted by molar-refractivity contribution is -0.120. The molecule has 2 aromatic carbocycles. The maximum atomic E-state index is 12.1. The number of thioether (sulfide) groups is 1. The van der Waals surface area contributed by atoms with Crippen LogP contribution in [0.1, 0.15) is 24.0 Å². The van der Waals surface area contributed by atoms with Gasteiger partial charge in [0.15, 0.2) is 0 Å². The first-order valence-electron chi connectivity index (χ1n) is 9.01. The van der Waals surface area contributed by atoms with E-state index < -0.39 is 0 Å². The van der Waals surface area contributed by atoms with E-state index in [2.05, 4.69) is 20.8 Å². The molecule has 0 unspecified atom stereocenters. The quantitative estimate of drug-likeness (QED) is 0.708. The van der Waals surface area contributed by atoms with Crippen molar-refractivity contribution in [2.45, 2.75) is 31.2 Å². The van der Waals surface area contributed by atoms with Crippen LogP contribution in [0, 0.1) is 6.92 Å². The average molecular weight is 395 g/mol. The lowest BCUT2D eigenvalue weighted by atomic mass is 10.1. The van der Waals surface area contributed by atoms with Crippen LogP contribution in [-0.2, 0) is 16.1 Å². The first kappa shape index (κ1) is 19.8. The van der Waals surface area contributed by atoms with Crippen molar-refractivity contribution < 1.29 is 9.59 Å². The maximum absolute atomic E-state index is 12.1. The molecule has 0 fully saturated rings. The molecule has 6 nitrogen and oxygen atoms in total. The molecule has 0 saturated carbocycles. The molecule has 0 saturated heterocycles. The molecule has 0 radical (unpaired) electrons. The molecule has 144 valence electrons. The third-order valence-electron chi connectivity index (χ3n) is 4.06. The Labute approximate surface area is 168 Å². The maximum Gasteiger partial charge on any atom is 0.235 e. The number of amidine groups is 1. The van der Waals surface area contributed by atoms with Gasteiger partial charge in [-0.1, -0.05) is 48.0 Å². The topological polar surface area (TPSA) is 82.9 Å². The third-order valence-corrected chi connectivity index (χ3v) is 5.07. The summed E-state index contributed by atoms with van der Waals surface area (Å²) in [6, 6.07) is 17.7. The van der Waals surface area contributed by atoms with Crippen LogP contribution >= 0.6 is 11.8 Å². The number of carbonyl (C=O) groups is 2. The van der Waals surface area contributed by atoms with Crippen molar-refractivity contribution >= 4 is 35.1 Å². The van der Waals surface area contributed by atoms with Crippen molar-refractivity contribution in [1.29, 1.82) is 0 Å². The highest BCUT2D eigenvalue weighted by molar-refractivity contribution is 8.00. The zero-order valence-corrected chi connectivity index (χ0v) is 16.5. The monoisotopic (exact) mass is 394 g/mol. The molecule has 2 N–H and O–H groups in total. The van der Waals surface area contributed by atoms with Crippen LogP contribution in [0.15, 0.2) is 69.7 Å². The second-order valence-electron chi connectivity index (χ2n) is 6.48. The van der Waals surface area contributed by atoms with E-state index in [4.69, 9.17) is 0 Å². The highest BCUT2D eigenvalue weighted by Gasteiger charge is 2.17. The van der Waals surface area contributed by atoms with Gasteiger partial charge in [-0.15, -0.1) is 16.9 Å². The van der Waals surface area contributed by atoms with Crippen molar-refractivity contribution in [2.24, 2.45) is 10.2 Å². The minimum absolute atomic E-state index is 0.111. The Balaban J connectivity index is 1.35. The molecule has 2 aromatic rings. The SMILES string of the molecule is Cc1ccc(SCC(=O)NC2=NN=C(CC(=O)NCc3ccccc3)C2)cc1. The molecular weight excluding hydrogens is 372 g/mol. The number of nitrogens with zero attached hydrogens (tertiary/aromatic N) is 2. The van der Waals surface area contributed by atoms with E-state index in [0.717, 1.165) is 10.5 Å². The molecule has 1 aliphatic rings. The summed E-state index contributed by atoms with van der Waals surface area (Å²) in [4.78, 5) is 25.2. The van der Waals surface area contributed by atoms with Gasteiger partial charge in [0, 0.05) is 17.9 Å². The third kappa shape index (κ3) is 6.35. The molecule has 3 rings (SSSR count). The van der Waals surface area contributed by atoms with E-state index in [9.17, 15) is 9.59 Å². The second kappa shape index (κ2) is 9.85. The number of carbonyl (C=O) groups excluding carboxylic acids is 2. The van der Waals surface area contributed by atoms with E-state index in [1.807, 2.05) is 61.5 Å². The van der Waals surface area contributed by atoms with Gasteiger partial charge in [-0.2, -0.15) is 5.10 Å². The number of hydrogen-bond donors (Lipinski definition) is 2. The standard InChI is InChI=1S/C21H22N4O2S/c1-15-7-9-18(10-8-15)28-14-21(27)23-19-11-17(24-25-19)12-20(26)22-13-16-5-3-2-4-6-16/h2-10H,11-14H2,1H3,(H,22,26)(H,23,25,27). The zero-order valence-electron chi connectivity index (χ0n) is 15.6. The van der Waals surface area contributed by atoms with Crippen LogP contribution in [0.25, 0.3) is 0 Å². The van der Waals surface area contributed by atoms with Crippen molar-refractivity contribution in [2.75, 3.05) is 5.75 Å². The Bertz CT molecular complexity index is 892. The fourth-order valence-electron chi connectivity index (χ4n) is 2.59. The predicted molar refractivity (Wildman–Crippen MR) is 112 cm³/mol. The molecule has 7 heteroatoms. The molecule has 28 heavy (non-hydrogen) atoms. The summed E-state index contributed by atoms with van der Waals surface area (Å²) in [6.07, 6.45) is 0.563. The number of amides is 2. The number of hydrogen-bond acceptors (Lipinski definition) is 5. The Morgan fingerprint density at radius 3 is 2.50 bits per heavy atom. The number of nitrogens with one attached hydrogen (secondary N) is 2. The Kier molecular flexibility index (Phi) is 6.97. The van der Waals surface area contributed by atoms with Crippen LogP contribution in [0.4, 0.5) is 0 Å². The van der Waals surface area contributed by atoms with Crippen molar-refractivity contribution in [1.82, 2.24) is 10.6 Å². The van der Waals surface area contributed by atoms with E-state index in [1.54, 1.807) is 0 Å². The first-order valence-corrected chi connectivity index (χ1v) is 9.99. The van der Waals surface area contributed by atoms with Gasteiger partial charge in [0.05, 0.1) is 17.9 Å². The van der Waals surface area contributed by atoms with Gasteiger partial charge in [0.25, 0.3) is 0 Å². The van der Waals surface area contributed by atoms with Crippen LogP contribution < -0.4 is 10.6 Å². The molecule has 1 heterocycles. The molecule has 0 bridgehead atoms. The smallest absolute Gasteiger partial charge is 0.235 e. The average Bonchev–Trinajstić information content (AvgIpc) is 3.13. The van der Waals surface area contributed by atoms with Gasteiger partial charge in [-0.3, -0.25) is 9.59 Å². The van der Waals surface area contributed by atoms with E-state index in [0.29, 0.717) is 30.3 Å². The number of benzene rings is 2. The summed E-state index contributed by atoms with van der Waals surface area (Å²) in [6.45, 7) is 2.51. The normalized spacial score (nSPS) is 12.9. The minimum Gasteiger partial charge on any atom is -0.352 e. The summed E-state index contributed by atoms with van der Waals surface area (Å²) >= 11 is 1.47. The van der Waals surface area contributed by atoms with E-state index in [1.165, 1.54) is 17.3 Å². The van der Waals surface area contributed by atoms with Gasteiger partial charge in [-0.05, 0) is 24.6 Å². The molecule has 0 spiro atoms. The lowest BCUT2D eigenvalue weighted by Crippen LogP contribution is -2.32. The molecule has 0 aromatic heterocycles. The van der Waals surface area contributed by atoms with Crippen LogP contribution in [0.3, 0.4) is 0 Å². The molecular formula is C21H22N4O2S. The van der Waals surface area contributed by atoms with Gasteiger partial charge in [-0.25, -0.2) is 0 Å². The fourth-order valence-corrected chi connectivity index (χ4v) is 3.29. The predicted octanol–water partition coefficient (Wildman–Crippen LogP) is 3.07. The molecule has 0 atom stereocenters. The van der Waals surface area contributed by atoms with Crippen molar-refractivity contribution in [3.05, 3.63) is 65.7 Å². The van der Waals surface area contributed by atoms with Crippen LogP contribution in [0.5, 0.6) is 0 Å². The van der Waals surface area contributed by atoms with Gasteiger partial charge >= 0.3 is 0 Å². The summed E-state index contributed by atoms with van der Waals surface area (Å²) in [7, 11) is 0. The minimum atomic E-state index is -0.130. The Morgan fingerprint density at radius 1 is 1.00 bits per heavy atom. The Hall–Kier alpha value is -2.93. The van der Waals surface area contributed by atoms with E-state index in [-0.39, 0.29) is 18.2 Å². The van der Waals surface area contributed by atoms with Crippen LogP contribution in [-0.4, -0.2) is 29.1 Å². The van der Waals surface area contributed by atoms with Gasteiger partial charge < -0.3 is 10.6 Å². The van der Waals surface area contributed by atoms with Crippen molar-refractivity contribution in [3.63, 3.8) is 0 Å². The van der Waals surface area contributed by atoms with Gasteiger partial charge in [0.2, 0.25) is 11.8 Å². The highest BCUT2D eigenvalue weighted by Crippen LogP contribution is 2.18. The fraction of sp³-hybridized carbons (Fsp3) is 0.238. The molecule has 0 aliphatic carbocycles. The summed E-state index contributed by atoms with van der Waals surface area (Å²) in [5.74, 6) is 0.546. The van der Waals surface area contributed by atoms with E-state index >= 15 is 0 Å². The van der Waals surface area contributed by atoms with Gasteiger partial charge in [0.1, 0.15) is 5.84 Å². The lowest BCUT2D eigenvalue weighted by Gasteiger charge is -2.06. The summed E-state index contributed by atoms with van der Waals surface area (Å²) in [5.41, 5.74) is 2.87.